The van der Waals surface area contributed by atoms with Crippen molar-refractivity contribution in [2.24, 2.45) is 0 Å². The quantitative estimate of drug-likeness (QED) is 0.235. The van der Waals surface area contributed by atoms with Crippen LogP contribution in [0.4, 0.5) is 13.2 Å². The van der Waals surface area contributed by atoms with Crippen molar-refractivity contribution in [2.75, 3.05) is 32.1 Å². The van der Waals surface area contributed by atoms with E-state index in [1.54, 1.807) is 17.8 Å². The highest BCUT2D eigenvalue weighted by Crippen LogP contribution is 2.43. The number of nitrogens with zero attached hydrogens (tertiary/aromatic N) is 2. The van der Waals surface area contributed by atoms with Gasteiger partial charge in [0, 0.05) is 53.8 Å². The number of hydrogen-bond donors (Lipinski definition) is 1. The fourth-order valence-corrected chi connectivity index (χ4v) is 6.99. The number of rotatable bonds is 7. The lowest BCUT2D eigenvalue weighted by Crippen LogP contribution is -2.46. The summed E-state index contributed by atoms with van der Waals surface area (Å²) in [6.07, 6.45) is -4.76. The Morgan fingerprint density at radius 3 is 2.36 bits per heavy atom. The molecular weight excluding hydrogens is 559 g/mol. The number of amides is 1. The average Bonchev–Trinajstić information content (AvgIpc) is 3.39. The van der Waals surface area contributed by atoms with Gasteiger partial charge in [-0.25, -0.2) is 0 Å². The molecule has 42 heavy (non-hydrogen) atoms. The molecule has 2 aliphatic heterocycles. The fraction of sp³-hybridized carbons (Fsp3) is 0.242. The molecule has 0 aliphatic carbocycles. The Bertz CT molecular complexity index is 1620. The second-order valence-corrected chi connectivity index (χ2v) is 11.6. The van der Waals surface area contributed by atoms with Crippen LogP contribution in [0.5, 0.6) is 5.75 Å². The number of fused-ring (bicyclic) bond motifs is 1. The van der Waals surface area contributed by atoms with Crippen molar-refractivity contribution in [3.05, 3.63) is 119 Å². The van der Waals surface area contributed by atoms with Crippen molar-refractivity contribution in [1.29, 1.82) is 0 Å². The molecule has 0 radical (unpaired) electrons. The van der Waals surface area contributed by atoms with E-state index in [4.69, 9.17) is 0 Å². The van der Waals surface area contributed by atoms with Crippen LogP contribution in [0.1, 0.15) is 27.0 Å². The van der Waals surface area contributed by atoms with Crippen LogP contribution in [0.25, 0.3) is 16.5 Å². The predicted octanol–water partition coefficient (Wildman–Crippen LogP) is 7.00. The Kier molecular flexibility index (Phi) is 7.98. The van der Waals surface area contributed by atoms with E-state index in [0.717, 1.165) is 46.2 Å². The number of benzene rings is 4. The molecule has 1 unspecified atom stereocenters. The summed E-state index contributed by atoms with van der Waals surface area (Å²) >= 11 is 1.70. The molecule has 4 aromatic carbocycles. The maximum atomic E-state index is 13.0. The first kappa shape index (κ1) is 28.3. The third-order valence-electron chi connectivity index (χ3n) is 7.78. The minimum Gasteiger partial charge on any atom is -0.406 e. The van der Waals surface area contributed by atoms with E-state index in [0.29, 0.717) is 42.1 Å². The molecule has 2 aliphatic rings. The first-order valence-electron chi connectivity index (χ1n) is 13.9. The van der Waals surface area contributed by atoms with Crippen molar-refractivity contribution in [3.63, 3.8) is 0 Å². The van der Waals surface area contributed by atoms with Crippen LogP contribution in [-0.4, -0.2) is 53.7 Å². The zero-order valence-corrected chi connectivity index (χ0v) is 23.8. The van der Waals surface area contributed by atoms with Crippen molar-refractivity contribution in [2.45, 2.75) is 19.5 Å². The van der Waals surface area contributed by atoms with Gasteiger partial charge in [0.15, 0.2) is 0 Å². The van der Waals surface area contributed by atoms with Crippen LogP contribution in [-0.2, 0) is 13.1 Å². The summed E-state index contributed by atoms with van der Waals surface area (Å²) in [7, 11) is 0. The molecular formula is C33H31F3N3O2S+. The number of hydrogen-bond acceptors (Lipinski definition) is 4. The standard InChI is InChI=1S/C33H31F3N3O2S/c34-33(35,36)41-30-7-3-4-25(18-30)21-39(20-24-8-10-27(11-9-24)32(40)38-16-14-37-15-17-38)23-42-22-31(39)29-13-12-26-5-1-2-6-28(26)19-29/h1-13,18-19,22,37H,14-17,20-21,23H2/q+1. The number of halogens is 3. The van der Waals surface area contributed by atoms with Crippen molar-refractivity contribution in [1.82, 2.24) is 10.2 Å². The molecule has 216 valence electrons. The van der Waals surface area contributed by atoms with Gasteiger partial charge in [0.1, 0.15) is 30.4 Å². The van der Waals surface area contributed by atoms with Crippen LogP contribution >= 0.6 is 11.8 Å². The lowest BCUT2D eigenvalue weighted by atomic mass is 10.0. The number of quaternary nitrogens is 1. The van der Waals surface area contributed by atoms with Crippen molar-refractivity contribution < 1.29 is 27.2 Å². The van der Waals surface area contributed by atoms with Gasteiger partial charge in [-0.3, -0.25) is 9.28 Å². The number of ether oxygens (including phenoxy) is 1. The third-order valence-corrected chi connectivity index (χ3v) is 8.81. The van der Waals surface area contributed by atoms with Gasteiger partial charge in [0.25, 0.3) is 5.91 Å². The van der Waals surface area contributed by atoms with Gasteiger partial charge in [0.2, 0.25) is 0 Å². The van der Waals surface area contributed by atoms with Gasteiger partial charge in [0.05, 0.1) is 0 Å². The molecule has 6 rings (SSSR count). The SMILES string of the molecule is O=C(c1ccc(C[N+]2(Cc3cccc(OC(F)(F)F)c3)CSC=C2c2ccc3ccccc3c2)cc1)N1CCNCC1. The molecule has 0 saturated carbocycles. The molecule has 1 fully saturated rings. The van der Waals surface area contributed by atoms with Crippen LogP contribution in [0, 0.1) is 0 Å². The number of alkyl halides is 3. The number of piperazine rings is 1. The fourth-order valence-electron chi connectivity index (χ4n) is 5.79. The Morgan fingerprint density at radius 1 is 0.857 bits per heavy atom. The molecule has 0 bridgehead atoms. The second-order valence-electron chi connectivity index (χ2n) is 10.8. The first-order chi connectivity index (χ1) is 20.3. The highest BCUT2D eigenvalue weighted by atomic mass is 32.2. The monoisotopic (exact) mass is 590 g/mol. The summed E-state index contributed by atoms with van der Waals surface area (Å²) in [5.74, 6) is 0.521. The zero-order valence-electron chi connectivity index (χ0n) is 22.9. The molecule has 1 N–H and O–H groups in total. The molecule has 1 atom stereocenters. The largest absolute Gasteiger partial charge is 0.573 e. The highest BCUT2D eigenvalue weighted by molar-refractivity contribution is 8.02. The molecule has 1 amide bonds. The lowest BCUT2D eigenvalue weighted by Gasteiger charge is -2.36. The van der Waals surface area contributed by atoms with Crippen molar-refractivity contribution >= 4 is 34.1 Å². The van der Waals surface area contributed by atoms with E-state index in [2.05, 4.69) is 45.8 Å². The van der Waals surface area contributed by atoms with Crippen LogP contribution in [0.3, 0.4) is 0 Å². The maximum absolute atomic E-state index is 13.0. The van der Waals surface area contributed by atoms with Gasteiger partial charge in [-0.05, 0) is 47.2 Å². The summed E-state index contributed by atoms with van der Waals surface area (Å²) in [6.45, 7) is 4.05. The molecule has 0 spiro atoms. The van der Waals surface area contributed by atoms with Crippen LogP contribution in [0.15, 0.2) is 96.4 Å². The van der Waals surface area contributed by atoms with Gasteiger partial charge in [-0.15, -0.1) is 13.2 Å². The molecule has 0 aromatic heterocycles. The summed E-state index contributed by atoms with van der Waals surface area (Å²) < 4.78 is 43.7. The van der Waals surface area contributed by atoms with E-state index < -0.39 is 6.36 Å². The maximum Gasteiger partial charge on any atom is 0.573 e. The minimum absolute atomic E-state index is 0.0295. The number of nitrogens with one attached hydrogen (secondary N) is 1. The van der Waals surface area contributed by atoms with E-state index in [9.17, 15) is 18.0 Å². The molecule has 4 aromatic rings. The number of thioether (sulfide) groups is 1. The average molecular weight is 591 g/mol. The topological polar surface area (TPSA) is 41.6 Å². The van der Waals surface area contributed by atoms with Gasteiger partial charge >= 0.3 is 6.36 Å². The zero-order chi connectivity index (χ0) is 29.2. The van der Waals surface area contributed by atoms with Crippen molar-refractivity contribution in [3.8, 4) is 5.75 Å². The highest BCUT2D eigenvalue weighted by Gasteiger charge is 2.39. The van der Waals surface area contributed by atoms with E-state index >= 15 is 0 Å². The lowest BCUT2D eigenvalue weighted by molar-refractivity contribution is -0.872. The number of carbonyl (C=O) groups is 1. The third kappa shape index (κ3) is 6.33. The molecule has 1 saturated heterocycles. The number of carbonyl (C=O) groups excluding carboxylic acids is 1. The van der Waals surface area contributed by atoms with Crippen LogP contribution < -0.4 is 10.1 Å². The normalized spacial score (nSPS) is 19.1. The summed E-state index contributed by atoms with van der Waals surface area (Å²) in [5, 5.41) is 7.71. The molecule has 9 heteroatoms. The molecule has 5 nitrogen and oxygen atoms in total. The first-order valence-corrected chi connectivity index (χ1v) is 14.9. The Morgan fingerprint density at radius 2 is 1.60 bits per heavy atom. The van der Waals surface area contributed by atoms with Gasteiger partial charge in [-0.2, -0.15) is 0 Å². The van der Waals surface area contributed by atoms with Gasteiger partial charge in [-0.1, -0.05) is 66.4 Å². The van der Waals surface area contributed by atoms with Gasteiger partial charge < -0.3 is 15.0 Å². The Balaban J connectivity index is 1.33. The van der Waals surface area contributed by atoms with E-state index in [-0.39, 0.29) is 11.7 Å². The smallest absolute Gasteiger partial charge is 0.406 e. The summed E-state index contributed by atoms with van der Waals surface area (Å²) in [4.78, 5) is 14.9. The predicted molar refractivity (Wildman–Crippen MR) is 160 cm³/mol. The van der Waals surface area contributed by atoms with Crippen LogP contribution in [0.2, 0.25) is 0 Å². The van der Waals surface area contributed by atoms with E-state index in [1.165, 1.54) is 12.1 Å². The summed E-state index contributed by atoms with van der Waals surface area (Å²) in [6, 6.07) is 28.6. The summed E-state index contributed by atoms with van der Waals surface area (Å²) in [5.41, 5.74) is 4.63. The Hall–Kier alpha value is -3.79. The molecule has 2 heterocycles. The minimum atomic E-state index is -4.76. The van der Waals surface area contributed by atoms with E-state index in [1.807, 2.05) is 47.4 Å². The Labute approximate surface area is 247 Å². The second kappa shape index (κ2) is 11.8.